The highest BCUT2D eigenvalue weighted by Crippen LogP contribution is 2.26. The van der Waals surface area contributed by atoms with E-state index >= 15 is 0 Å². The molecule has 3 N–H and O–H groups in total. The van der Waals surface area contributed by atoms with Crippen LogP contribution in [0.4, 0.5) is 9.93 Å². The number of thiazole rings is 1. The number of anilines is 1. The van der Waals surface area contributed by atoms with Crippen LogP contribution in [0.1, 0.15) is 32.1 Å². The van der Waals surface area contributed by atoms with Crippen LogP contribution in [0.15, 0.2) is 6.20 Å². The Morgan fingerprint density at radius 2 is 2.30 bits per heavy atom. The van der Waals surface area contributed by atoms with Crippen LogP contribution in [0.3, 0.4) is 0 Å². The average Bonchev–Trinajstić information content (AvgIpc) is 2.93. The number of ether oxygens (including phenoxy) is 1. The fourth-order valence-electron chi connectivity index (χ4n) is 2.44. The van der Waals surface area contributed by atoms with Crippen LogP contribution in [0, 0.1) is 5.92 Å². The molecule has 2 amide bonds. The number of carbonyl (C=O) groups excluding carboxylic acids is 1. The van der Waals surface area contributed by atoms with Gasteiger partial charge >= 0.3 is 6.03 Å². The van der Waals surface area contributed by atoms with Gasteiger partial charge in [0, 0.05) is 6.54 Å². The van der Waals surface area contributed by atoms with Crippen molar-refractivity contribution >= 4 is 22.5 Å². The number of nitrogens with one attached hydrogen (secondary N) is 2. The smallest absolute Gasteiger partial charge is 0.321 e. The summed E-state index contributed by atoms with van der Waals surface area (Å²) in [4.78, 5) is 15.7. The highest BCUT2D eigenvalue weighted by Gasteiger charge is 2.22. The summed E-state index contributed by atoms with van der Waals surface area (Å²) in [6, 6.07) is -0.350. The van der Waals surface area contributed by atoms with Crippen LogP contribution in [0.2, 0.25) is 0 Å². The van der Waals surface area contributed by atoms with E-state index in [2.05, 4.69) is 15.6 Å². The first kappa shape index (κ1) is 15.1. The van der Waals surface area contributed by atoms with E-state index in [-0.39, 0.29) is 12.6 Å². The number of rotatable bonds is 5. The molecular weight excluding hydrogens is 278 g/mol. The molecule has 1 aliphatic rings. The number of nitrogens with zero attached hydrogens (tertiary/aromatic N) is 1. The van der Waals surface area contributed by atoms with Gasteiger partial charge in [-0.3, -0.25) is 5.32 Å². The second-order valence-corrected chi connectivity index (χ2v) is 5.98. The molecule has 1 aromatic heterocycles. The molecule has 112 valence electrons. The van der Waals surface area contributed by atoms with Gasteiger partial charge in [0.25, 0.3) is 0 Å². The molecule has 1 saturated carbocycles. The van der Waals surface area contributed by atoms with Crippen molar-refractivity contribution in [1.82, 2.24) is 10.3 Å². The molecular formula is C13H21N3O3S. The van der Waals surface area contributed by atoms with E-state index in [9.17, 15) is 9.90 Å². The van der Waals surface area contributed by atoms with Crippen LogP contribution in [0.5, 0.6) is 5.06 Å². The van der Waals surface area contributed by atoms with Gasteiger partial charge in [-0.25, -0.2) is 9.78 Å². The van der Waals surface area contributed by atoms with Crippen molar-refractivity contribution < 1.29 is 14.6 Å². The fourth-order valence-corrected chi connectivity index (χ4v) is 3.06. The molecule has 7 heteroatoms. The highest BCUT2D eigenvalue weighted by atomic mass is 32.1. The van der Waals surface area contributed by atoms with Crippen molar-refractivity contribution in [3.05, 3.63) is 6.20 Å². The predicted octanol–water partition coefficient (Wildman–Crippen LogP) is 2.21. The Hall–Kier alpha value is -1.34. The molecule has 20 heavy (non-hydrogen) atoms. The summed E-state index contributed by atoms with van der Waals surface area (Å²) in [5.74, 6) is 0.309. The van der Waals surface area contributed by atoms with Gasteiger partial charge in [0.1, 0.15) is 0 Å². The Bertz CT molecular complexity index is 432. The van der Waals surface area contributed by atoms with Crippen molar-refractivity contribution in [2.45, 2.75) is 38.2 Å². The number of amides is 2. The van der Waals surface area contributed by atoms with E-state index in [1.54, 1.807) is 13.3 Å². The summed E-state index contributed by atoms with van der Waals surface area (Å²) >= 11 is 1.26. The minimum atomic E-state index is -0.466. The zero-order valence-electron chi connectivity index (χ0n) is 11.6. The van der Waals surface area contributed by atoms with Gasteiger partial charge in [0.15, 0.2) is 10.2 Å². The van der Waals surface area contributed by atoms with Crippen molar-refractivity contribution in [2.75, 3.05) is 19.0 Å². The largest absolute Gasteiger partial charge is 0.486 e. The minimum absolute atomic E-state index is 0.277. The third kappa shape index (κ3) is 4.35. The van der Waals surface area contributed by atoms with E-state index < -0.39 is 6.10 Å². The van der Waals surface area contributed by atoms with E-state index in [0.29, 0.717) is 16.1 Å². The molecule has 0 saturated heterocycles. The predicted molar refractivity (Wildman–Crippen MR) is 78.3 cm³/mol. The first-order chi connectivity index (χ1) is 9.69. The number of hydrogen-bond donors (Lipinski definition) is 3. The molecule has 0 spiro atoms. The third-order valence-electron chi connectivity index (χ3n) is 3.57. The zero-order chi connectivity index (χ0) is 14.4. The molecule has 0 aliphatic heterocycles. The molecule has 1 unspecified atom stereocenters. The summed E-state index contributed by atoms with van der Waals surface area (Å²) in [6.45, 7) is 0.277. The number of aliphatic hydroxyl groups excluding tert-OH is 1. The number of methoxy groups -OCH3 is 1. The third-order valence-corrected chi connectivity index (χ3v) is 4.45. The van der Waals surface area contributed by atoms with Gasteiger partial charge in [-0.2, -0.15) is 0 Å². The van der Waals surface area contributed by atoms with E-state index in [1.807, 2.05) is 0 Å². The first-order valence-corrected chi connectivity index (χ1v) is 7.73. The number of hydrogen-bond acceptors (Lipinski definition) is 5. The van der Waals surface area contributed by atoms with Crippen LogP contribution in [0.25, 0.3) is 0 Å². The molecule has 1 fully saturated rings. The maximum Gasteiger partial charge on any atom is 0.321 e. The Morgan fingerprint density at radius 1 is 1.55 bits per heavy atom. The molecule has 2 rings (SSSR count). The molecule has 1 aliphatic carbocycles. The van der Waals surface area contributed by atoms with Gasteiger partial charge in [0.05, 0.1) is 19.4 Å². The number of urea groups is 1. The molecule has 1 heterocycles. The Kier molecular flexibility index (Phi) is 5.60. The van der Waals surface area contributed by atoms with Gasteiger partial charge < -0.3 is 15.2 Å². The Labute approximate surface area is 122 Å². The van der Waals surface area contributed by atoms with Crippen molar-refractivity contribution in [3.8, 4) is 5.06 Å². The van der Waals surface area contributed by atoms with E-state index in [4.69, 9.17) is 4.74 Å². The number of aromatic nitrogens is 1. The zero-order valence-corrected chi connectivity index (χ0v) is 12.4. The quantitative estimate of drug-likeness (QED) is 0.778. The summed E-state index contributed by atoms with van der Waals surface area (Å²) in [6.07, 6.45) is 6.79. The van der Waals surface area contributed by atoms with Gasteiger partial charge in [-0.1, -0.05) is 30.6 Å². The van der Waals surface area contributed by atoms with Gasteiger partial charge in [0.2, 0.25) is 0 Å². The number of aliphatic hydroxyl groups is 1. The highest BCUT2D eigenvalue weighted by molar-refractivity contribution is 7.17. The van der Waals surface area contributed by atoms with E-state index in [1.165, 1.54) is 30.6 Å². The van der Waals surface area contributed by atoms with E-state index in [0.717, 1.165) is 12.8 Å². The lowest BCUT2D eigenvalue weighted by atomic mass is 9.85. The summed E-state index contributed by atoms with van der Waals surface area (Å²) in [5.41, 5.74) is 0. The second kappa shape index (κ2) is 7.44. The molecule has 0 aromatic carbocycles. The monoisotopic (exact) mass is 299 g/mol. The van der Waals surface area contributed by atoms with Crippen molar-refractivity contribution in [1.29, 1.82) is 0 Å². The van der Waals surface area contributed by atoms with Crippen LogP contribution in [-0.4, -0.2) is 35.9 Å². The second-order valence-electron chi connectivity index (χ2n) is 4.99. The number of carbonyl (C=O) groups is 1. The summed E-state index contributed by atoms with van der Waals surface area (Å²) in [5, 5.41) is 16.5. The Balaban J connectivity index is 1.71. The molecule has 0 bridgehead atoms. The van der Waals surface area contributed by atoms with Crippen LogP contribution in [-0.2, 0) is 0 Å². The molecule has 0 radical (unpaired) electrons. The normalized spacial score (nSPS) is 17.5. The lowest BCUT2D eigenvalue weighted by Gasteiger charge is -2.26. The first-order valence-electron chi connectivity index (χ1n) is 6.92. The van der Waals surface area contributed by atoms with Crippen molar-refractivity contribution in [3.63, 3.8) is 0 Å². The topological polar surface area (TPSA) is 83.5 Å². The lowest BCUT2D eigenvalue weighted by molar-refractivity contribution is 0.0863. The molecule has 6 nitrogen and oxygen atoms in total. The Morgan fingerprint density at radius 3 is 2.95 bits per heavy atom. The van der Waals surface area contributed by atoms with Crippen LogP contribution >= 0.6 is 11.3 Å². The summed E-state index contributed by atoms with van der Waals surface area (Å²) in [7, 11) is 1.55. The van der Waals surface area contributed by atoms with Crippen LogP contribution < -0.4 is 15.4 Å². The maximum atomic E-state index is 11.7. The average molecular weight is 299 g/mol. The van der Waals surface area contributed by atoms with Gasteiger partial charge in [-0.15, -0.1) is 0 Å². The standard InChI is InChI=1S/C13H21N3O3S/c1-19-11-8-15-13(20-11)16-12(18)14-7-10(17)9-5-3-2-4-6-9/h8-10,17H,2-7H2,1H3,(H2,14,15,16,18). The van der Waals surface area contributed by atoms with Gasteiger partial charge in [-0.05, 0) is 18.8 Å². The minimum Gasteiger partial charge on any atom is -0.486 e. The van der Waals surface area contributed by atoms with Crippen molar-refractivity contribution in [2.24, 2.45) is 5.92 Å². The SMILES string of the molecule is COc1cnc(NC(=O)NCC(O)C2CCCCC2)s1. The lowest BCUT2D eigenvalue weighted by Crippen LogP contribution is -2.39. The molecule has 1 aromatic rings. The molecule has 1 atom stereocenters. The maximum absolute atomic E-state index is 11.7. The summed E-state index contributed by atoms with van der Waals surface area (Å²) < 4.78 is 5.00. The fraction of sp³-hybridized carbons (Fsp3) is 0.692.